The molecule has 18 heavy (non-hydrogen) atoms. The van der Waals surface area contributed by atoms with Crippen molar-refractivity contribution >= 4 is 21.9 Å². The van der Waals surface area contributed by atoms with Gasteiger partial charge < -0.3 is 4.74 Å². The van der Waals surface area contributed by atoms with Crippen LogP contribution in [-0.2, 0) is 15.1 Å². The standard InChI is InChI=1S/C13H15BrFNO2/c1-13(12(17)18-2,16-9-4-5-9)10-6-3-8(15)7-11(10)14/h3,6-7,9,16H,4-5H2,1-2H3. The molecule has 1 unspecified atom stereocenters. The van der Waals surface area contributed by atoms with Crippen molar-refractivity contribution in [2.45, 2.75) is 31.3 Å². The van der Waals surface area contributed by atoms with E-state index in [0.717, 1.165) is 12.8 Å². The predicted octanol–water partition coefficient (Wildman–Crippen LogP) is 2.73. The van der Waals surface area contributed by atoms with Gasteiger partial charge in [-0.1, -0.05) is 22.0 Å². The molecule has 0 saturated heterocycles. The normalized spacial score (nSPS) is 18.2. The Morgan fingerprint density at radius 1 is 1.56 bits per heavy atom. The molecule has 0 bridgehead atoms. The summed E-state index contributed by atoms with van der Waals surface area (Å²) in [6.07, 6.45) is 2.09. The molecule has 0 radical (unpaired) electrons. The van der Waals surface area contributed by atoms with Crippen molar-refractivity contribution < 1.29 is 13.9 Å². The van der Waals surface area contributed by atoms with Crippen LogP contribution < -0.4 is 5.32 Å². The van der Waals surface area contributed by atoms with E-state index in [4.69, 9.17) is 4.74 Å². The SMILES string of the molecule is COC(=O)C(C)(NC1CC1)c1ccc(F)cc1Br. The van der Waals surface area contributed by atoms with E-state index in [1.165, 1.54) is 19.2 Å². The number of esters is 1. The summed E-state index contributed by atoms with van der Waals surface area (Å²) in [6, 6.07) is 4.62. The lowest BCUT2D eigenvalue weighted by molar-refractivity contribution is -0.148. The number of nitrogens with one attached hydrogen (secondary N) is 1. The van der Waals surface area contributed by atoms with Gasteiger partial charge in [0.05, 0.1) is 7.11 Å². The van der Waals surface area contributed by atoms with Gasteiger partial charge >= 0.3 is 5.97 Å². The average Bonchev–Trinajstić information content (AvgIpc) is 3.11. The molecule has 1 aliphatic rings. The molecule has 1 N–H and O–H groups in total. The molecule has 0 amide bonds. The maximum absolute atomic E-state index is 13.1. The molecule has 1 aromatic carbocycles. The van der Waals surface area contributed by atoms with Gasteiger partial charge in [0, 0.05) is 10.5 Å². The first-order valence-electron chi connectivity index (χ1n) is 5.79. The first-order chi connectivity index (χ1) is 8.47. The summed E-state index contributed by atoms with van der Waals surface area (Å²) in [6.45, 7) is 1.76. The van der Waals surface area contributed by atoms with E-state index in [1.807, 2.05) is 0 Å². The largest absolute Gasteiger partial charge is 0.467 e. The van der Waals surface area contributed by atoms with Gasteiger partial charge in [-0.15, -0.1) is 0 Å². The lowest BCUT2D eigenvalue weighted by atomic mass is 9.91. The Morgan fingerprint density at radius 2 is 2.22 bits per heavy atom. The topological polar surface area (TPSA) is 38.3 Å². The number of ether oxygens (including phenoxy) is 1. The quantitative estimate of drug-likeness (QED) is 0.868. The van der Waals surface area contributed by atoms with E-state index < -0.39 is 5.54 Å². The zero-order chi connectivity index (χ0) is 13.3. The van der Waals surface area contributed by atoms with Gasteiger partial charge in [-0.25, -0.2) is 9.18 Å². The van der Waals surface area contributed by atoms with Crippen molar-refractivity contribution in [3.8, 4) is 0 Å². The molecule has 2 rings (SSSR count). The number of benzene rings is 1. The first-order valence-corrected chi connectivity index (χ1v) is 6.58. The maximum atomic E-state index is 13.1. The Morgan fingerprint density at radius 3 is 2.72 bits per heavy atom. The lowest BCUT2D eigenvalue weighted by Crippen LogP contribution is -2.48. The summed E-state index contributed by atoms with van der Waals surface area (Å²) in [5.74, 6) is -0.717. The first kappa shape index (κ1) is 13.5. The number of halogens is 2. The average molecular weight is 316 g/mol. The molecule has 1 aromatic rings. The molecule has 0 aliphatic heterocycles. The Kier molecular flexibility index (Phi) is 3.73. The number of carbonyl (C=O) groups is 1. The van der Waals surface area contributed by atoms with E-state index in [0.29, 0.717) is 16.1 Å². The summed E-state index contributed by atoms with van der Waals surface area (Å²) >= 11 is 3.30. The molecule has 1 saturated carbocycles. The Balaban J connectivity index is 2.40. The predicted molar refractivity (Wildman–Crippen MR) is 69.6 cm³/mol. The Bertz CT molecular complexity index is 476. The van der Waals surface area contributed by atoms with Crippen molar-refractivity contribution in [2.24, 2.45) is 0 Å². The van der Waals surface area contributed by atoms with Crippen molar-refractivity contribution in [2.75, 3.05) is 7.11 Å². The summed E-state index contributed by atoms with van der Waals surface area (Å²) in [5, 5.41) is 3.27. The van der Waals surface area contributed by atoms with Crippen LogP contribution in [0.25, 0.3) is 0 Å². The Hall–Kier alpha value is -0.940. The molecule has 1 atom stereocenters. The van der Waals surface area contributed by atoms with Crippen molar-refractivity contribution in [3.05, 3.63) is 34.1 Å². The number of hydrogen-bond donors (Lipinski definition) is 1. The lowest BCUT2D eigenvalue weighted by Gasteiger charge is -2.29. The minimum atomic E-state index is -0.956. The molecular weight excluding hydrogens is 301 g/mol. The van der Waals surface area contributed by atoms with E-state index in [2.05, 4.69) is 21.2 Å². The van der Waals surface area contributed by atoms with Gasteiger partial charge in [-0.3, -0.25) is 5.32 Å². The van der Waals surface area contributed by atoms with Crippen molar-refractivity contribution in [1.82, 2.24) is 5.32 Å². The summed E-state index contributed by atoms with van der Waals surface area (Å²) in [5.41, 5.74) is -0.273. The third kappa shape index (κ3) is 2.57. The number of carbonyl (C=O) groups excluding carboxylic acids is 1. The van der Waals surface area contributed by atoms with Crippen molar-refractivity contribution in [1.29, 1.82) is 0 Å². The molecular formula is C13H15BrFNO2. The molecule has 1 fully saturated rings. The molecule has 5 heteroatoms. The highest BCUT2D eigenvalue weighted by atomic mass is 79.9. The molecule has 3 nitrogen and oxygen atoms in total. The monoisotopic (exact) mass is 315 g/mol. The van der Waals surface area contributed by atoms with Crippen LogP contribution in [0.3, 0.4) is 0 Å². The van der Waals surface area contributed by atoms with Crippen LogP contribution in [0.1, 0.15) is 25.3 Å². The fraction of sp³-hybridized carbons (Fsp3) is 0.462. The number of rotatable bonds is 4. The summed E-state index contributed by atoms with van der Waals surface area (Å²) in [7, 11) is 1.35. The van der Waals surface area contributed by atoms with Crippen LogP contribution in [0.5, 0.6) is 0 Å². The highest BCUT2D eigenvalue weighted by Crippen LogP contribution is 2.33. The minimum Gasteiger partial charge on any atom is -0.467 e. The van der Waals surface area contributed by atoms with Gasteiger partial charge in [0.15, 0.2) is 0 Å². The van der Waals surface area contributed by atoms with E-state index >= 15 is 0 Å². The van der Waals surface area contributed by atoms with Crippen LogP contribution >= 0.6 is 15.9 Å². The van der Waals surface area contributed by atoms with E-state index in [1.54, 1.807) is 13.0 Å². The molecule has 0 aromatic heterocycles. The highest BCUT2D eigenvalue weighted by molar-refractivity contribution is 9.10. The van der Waals surface area contributed by atoms with Gasteiger partial charge in [0.2, 0.25) is 0 Å². The van der Waals surface area contributed by atoms with Crippen LogP contribution in [0.2, 0.25) is 0 Å². The van der Waals surface area contributed by atoms with Crippen LogP contribution in [0.4, 0.5) is 4.39 Å². The maximum Gasteiger partial charge on any atom is 0.330 e. The molecule has 98 valence electrons. The third-order valence-corrected chi connectivity index (χ3v) is 3.79. The van der Waals surface area contributed by atoms with Gasteiger partial charge in [0.1, 0.15) is 11.4 Å². The second kappa shape index (κ2) is 4.97. The zero-order valence-electron chi connectivity index (χ0n) is 10.3. The second-order valence-corrected chi connectivity index (χ2v) is 5.51. The zero-order valence-corrected chi connectivity index (χ0v) is 11.9. The third-order valence-electron chi connectivity index (χ3n) is 3.13. The number of hydrogen-bond acceptors (Lipinski definition) is 3. The smallest absolute Gasteiger partial charge is 0.330 e. The van der Waals surface area contributed by atoms with Gasteiger partial charge in [-0.2, -0.15) is 0 Å². The van der Waals surface area contributed by atoms with Gasteiger partial charge in [-0.05, 0) is 37.5 Å². The van der Waals surface area contributed by atoms with E-state index in [9.17, 15) is 9.18 Å². The summed E-state index contributed by atoms with van der Waals surface area (Å²) in [4.78, 5) is 12.0. The van der Waals surface area contributed by atoms with E-state index in [-0.39, 0.29) is 11.8 Å². The fourth-order valence-electron chi connectivity index (χ4n) is 1.98. The molecule has 0 spiro atoms. The van der Waals surface area contributed by atoms with Crippen LogP contribution in [0, 0.1) is 5.82 Å². The van der Waals surface area contributed by atoms with Crippen molar-refractivity contribution in [3.63, 3.8) is 0 Å². The number of methoxy groups -OCH3 is 1. The minimum absolute atomic E-state index is 0.325. The molecule has 1 aliphatic carbocycles. The van der Waals surface area contributed by atoms with Gasteiger partial charge in [0.25, 0.3) is 0 Å². The van der Waals surface area contributed by atoms with Crippen LogP contribution in [-0.4, -0.2) is 19.1 Å². The van der Waals surface area contributed by atoms with Crippen LogP contribution in [0.15, 0.2) is 22.7 Å². The fourth-order valence-corrected chi connectivity index (χ4v) is 2.73. The Labute approximate surface area is 114 Å². The molecule has 0 heterocycles. The summed E-state index contributed by atoms with van der Waals surface area (Å²) < 4.78 is 18.6. The highest BCUT2D eigenvalue weighted by Gasteiger charge is 2.42. The second-order valence-electron chi connectivity index (χ2n) is 4.66.